The number of aliphatic hydroxyl groups is 6. The summed E-state index contributed by atoms with van der Waals surface area (Å²) < 4.78 is 66.5. The minimum atomic E-state index is -0.545. The highest BCUT2D eigenvalue weighted by Gasteiger charge is 2.26. The van der Waals surface area contributed by atoms with Gasteiger partial charge in [0.15, 0.2) is 0 Å². The maximum absolute atomic E-state index is 11.9. The number of aliphatic hydroxyl groups excluding tert-OH is 6. The molecule has 32 heteroatoms. The molecule has 0 saturated heterocycles. The molecule has 0 aromatic heterocycles. The number of ether oxygens (including phenoxy) is 12. The summed E-state index contributed by atoms with van der Waals surface area (Å²) in [6, 6.07) is 44.4. The van der Waals surface area contributed by atoms with Crippen LogP contribution in [0.3, 0.4) is 0 Å². The van der Waals surface area contributed by atoms with Crippen molar-refractivity contribution in [1.29, 1.82) is 0 Å². The zero-order valence-electron chi connectivity index (χ0n) is 92.0. The van der Waals surface area contributed by atoms with Gasteiger partial charge in [0.1, 0.15) is 105 Å². The largest absolute Gasteiger partial charge is 0.488 e. The highest BCUT2D eigenvalue weighted by molar-refractivity contribution is 9.11. The third-order valence-corrected chi connectivity index (χ3v) is 19.7. The lowest BCUT2D eigenvalue weighted by molar-refractivity contribution is 0.0488. The van der Waals surface area contributed by atoms with E-state index in [1.807, 2.05) is 327 Å². The van der Waals surface area contributed by atoms with Crippen LogP contribution < -0.4 is 60.3 Å². The number of terminal acetylenes is 2. The van der Waals surface area contributed by atoms with E-state index in [2.05, 4.69) is 99.3 Å². The predicted octanol–water partition coefficient (Wildman–Crippen LogP) is 21.8. The van der Waals surface area contributed by atoms with Crippen LogP contribution in [0.25, 0.3) is 0 Å². The fourth-order valence-electron chi connectivity index (χ4n) is 11.1. The van der Waals surface area contributed by atoms with Gasteiger partial charge in [-0.3, -0.25) is 0 Å². The van der Waals surface area contributed by atoms with Gasteiger partial charge >= 0.3 is 36.6 Å². The summed E-state index contributed by atoms with van der Waals surface area (Å²) in [4.78, 5) is 69.8. The summed E-state index contributed by atoms with van der Waals surface area (Å²) >= 11 is 6.69. The molecule has 0 unspecified atom stereocenters. The number of para-hydroxylation sites is 6. The summed E-state index contributed by atoms with van der Waals surface area (Å²) in [5, 5.41) is 70.5. The van der Waals surface area contributed by atoms with Crippen molar-refractivity contribution >= 4 is 68.4 Å². The van der Waals surface area contributed by atoms with Crippen LogP contribution in [0.2, 0.25) is 0 Å². The maximum Gasteiger partial charge on any atom is 0.408 e. The molecule has 6 aromatic carbocycles. The van der Waals surface area contributed by atoms with E-state index in [1.54, 1.807) is 26.0 Å². The molecule has 816 valence electrons. The molecule has 30 nitrogen and oxygen atoms in total. The molecular formula is C114H172Br2N6O24. The SMILES string of the molecule is C#C[C@@H](CC)NC(=O)OC(C)(C)C.C#C[C@H](CC)NC(=O)OC(C)(C)C.CC[C@@H](C#Cc1ccccc1O[C@H](C)CO)NC(=O)OC(C)(C)C.CC[C@@H](CCc1ccccc1O[C@H](C)CO)NC(=O)OC(C)(C)C.CC[C@H](C#Cc1ccccc1O[C@@H](C)CO)NC(=O)OC(C)(C)C.CC[C@H](CCc1ccccc1O[C@@H](C)CO)NC(=O)OC(C)(C)C.C[C@@H](CO)Oc1ccccc1Br.C[C@H](CO)Oc1ccccc1Br. The molecule has 6 rings (SSSR count). The van der Waals surface area contributed by atoms with Crippen LogP contribution in [-0.2, 0) is 41.3 Å². The maximum atomic E-state index is 11.9. The van der Waals surface area contributed by atoms with Crippen LogP contribution in [-0.4, -0.2) is 213 Å². The molecule has 0 spiro atoms. The first-order valence-electron chi connectivity index (χ1n) is 49.6. The second-order valence-electron chi connectivity index (χ2n) is 39.6. The standard InChI is InChI=1S/2C19H31NO4.2C19H27NO4.2C10H17NO2.2C9H11BrO2/c4*1-6-16(20-18(22)24-19(3,4)5)12-11-15-9-7-8-10-17(15)23-14(2)13-21;2*1-6-8(7-2)11-9(12)13-10(3,4)5;2*1-7(6-11)12-9-5-3-2-4-8(9)10/h2*7-10,14,16,21H,6,11-13H2,1-5H3,(H,20,22);2*7-10,14,16,21H,6,13H2,1-5H3,(H,20,22);2*1,8H,7H2,2-5H3,(H,11,12);2*2-5,7,11H,6H2,1H3/t4*14-,16+;2*8-;2*7-/m10101010/s1. The molecule has 0 saturated carbocycles. The van der Waals surface area contributed by atoms with E-state index < -0.39 is 58.0 Å². The second kappa shape index (κ2) is 73.7. The van der Waals surface area contributed by atoms with Crippen LogP contribution in [0.4, 0.5) is 28.8 Å². The molecule has 0 heterocycles. The summed E-state index contributed by atoms with van der Waals surface area (Å²) in [5.74, 6) is 21.4. The van der Waals surface area contributed by atoms with Crippen LogP contribution in [0.15, 0.2) is 155 Å². The van der Waals surface area contributed by atoms with E-state index in [4.69, 9.17) is 100 Å². The molecule has 0 aliphatic heterocycles. The van der Waals surface area contributed by atoms with Crippen LogP contribution in [0.5, 0.6) is 34.5 Å². The van der Waals surface area contributed by atoms with Gasteiger partial charge in [-0.25, -0.2) is 28.8 Å². The van der Waals surface area contributed by atoms with E-state index in [0.29, 0.717) is 48.3 Å². The van der Waals surface area contributed by atoms with Crippen LogP contribution in [0.1, 0.15) is 281 Å². The smallest absolute Gasteiger partial charge is 0.408 e. The van der Waals surface area contributed by atoms with E-state index in [0.717, 1.165) is 81.6 Å². The highest BCUT2D eigenvalue weighted by atomic mass is 79.9. The number of alkyl carbamates (subject to hydrolysis) is 6. The van der Waals surface area contributed by atoms with E-state index in [-0.39, 0.29) is 125 Å². The summed E-state index contributed by atoms with van der Waals surface area (Å²) in [5.41, 5.74) is 0.530. The molecule has 6 amide bonds. The predicted molar refractivity (Wildman–Crippen MR) is 586 cm³/mol. The van der Waals surface area contributed by atoms with Gasteiger partial charge in [-0.1, -0.05) is 162 Å². The molecule has 0 radical (unpaired) electrons. The number of carbonyl (C=O) groups is 6. The lowest BCUT2D eigenvalue weighted by atomic mass is 10.0. The van der Waals surface area contributed by atoms with Crippen molar-refractivity contribution in [2.75, 3.05) is 39.6 Å². The number of aryl methyl sites for hydroxylation is 2. The number of rotatable bonds is 36. The van der Waals surface area contributed by atoms with Crippen molar-refractivity contribution in [2.24, 2.45) is 0 Å². The van der Waals surface area contributed by atoms with Crippen LogP contribution in [0, 0.1) is 48.4 Å². The van der Waals surface area contributed by atoms with Crippen molar-refractivity contribution in [3.8, 4) is 82.9 Å². The first kappa shape index (κ1) is 137. The number of amides is 6. The van der Waals surface area contributed by atoms with Gasteiger partial charge in [-0.2, -0.15) is 0 Å². The normalized spacial score (nSPS) is 13.3. The number of halogens is 2. The monoisotopic (exact) mass is 2170 g/mol. The number of benzene rings is 6. The Bertz CT molecular complexity index is 4600. The van der Waals surface area contributed by atoms with Crippen molar-refractivity contribution in [2.45, 2.75) is 378 Å². The summed E-state index contributed by atoms with van der Waals surface area (Å²) in [6.45, 7) is 55.3. The van der Waals surface area contributed by atoms with E-state index in [9.17, 15) is 28.8 Å². The molecule has 0 fully saturated rings. The summed E-state index contributed by atoms with van der Waals surface area (Å²) in [6.07, 6.45) is 13.8. The Morgan fingerprint density at radius 1 is 0.288 bits per heavy atom. The van der Waals surface area contributed by atoms with Crippen molar-refractivity contribution < 1.29 is 116 Å². The van der Waals surface area contributed by atoms with Gasteiger partial charge in [0.2, 0.25) is 0 Å². The number of hydrogen-bond donors (Lipinski definition) is 12. The first-order chi connectivity index (χ1) is 68.2. The summed E-state index contributed by atoms with van der Waals surface area (Å²) in [7, 11) is 0. The van der Waals surface area contributed by atoms with E-state index in [1.165, 1.54) is 0 Å². The number of nitrogens with one attached hydrogen (secondary N) is 6. The zero-order chi connectivity index (χ0) is 112. The van der Waals surface area contributed by atoms with Gasteiger partial charge in [0.05, 0.1) is 83.9 Å². The molecule has 12 atom stereocenters. The fourth-order valence-corrected chi connectivity index (χ4v) is 11.9. The number of hydrogen-bond acceptors (Lipinski definition) is 24. The molecule has 146 heavy (non-hydrogen) atoms. The average molecular weight is 2170 g/mol. The molecular weight excluding hydrogens is 2000 g/mol. The Hall–Kier alpha value is -11.3. The van der Waals surface area contributed by atoms with Crippen molar-refractivity contribution in [1.82, 2.24) is 31.9 Å². The topological polar surface area (TPSA) is 407 Å². The lowest BCUT2D eigenvalue weighted by Crippen LogP contribution is -2.39. The molecule has 0 bridgehead atoms. The Labute approximate surface area is 888 Å². The Morgan fingerprint density at radius 3 is 0.705 bits per heavy atom. The minimum Gasteiger partial charge on any atom is -0.488 e. The third-order valence-electron chi connectivity index (χ3n) is 18.4. The minimum absolute atomic E-state index is 0.0217. The zero-order valence-corrected chi connectivity index (χ0v) is 95.2. The van der Waals surface area contributed by atoms with Gasteiger partial charge < -0.3 is 119 Å². The van der Waals surface area contributed by atoms with Gasteiger partial charge in [-0.15, -0.1) is 12.8 Å². The van der Waals surface area contributed by atoms with Gasteiger partial charge in [0, 0.05) is 12.1 Å². The fraction of sp³-hybridized carbons (Fsp3) is 0.561. The quantitative estimate of drug-likeness (QED) is 0.0128. The van der Waals surface area contributed by atoms with Crippen molar-refractivity contribution in [3.63, 3.8) is 0 Å². The Morgan fingerprint density at radius 2 is 0.486 bits per heavy atom. The first-order valence-corrected chi connectivity index (χ1v) is 51.2. The molecule has 0 aliphatic carbocycles. The Kier molecular flexibility index (Phi) is 69.0. The Balaban J connectivity index is 0. The molecule has 0 aliphatic rings. The number of carbonyl (C=O) groups excluding carboxylic acids is 6. The van der Waals surface area contributed by atoms with Gasteiger partial charge in [-0.05, 0) is 334 Å². The molecule has 6 aromatic rings. The highest BCUT2D eigenvalue weighted by Crippen LogP contribution is 2.29. The second-order valence-corrected chi connectivity index (χ2v) is 41.3. The van der Waals surface area contributed by atoms with Gasteiger partial charge in [0.25, 0.3) is 0 Å². The average Bonchev–Trinajstić information content (AvgIpc) is 0.870. The molecule has 12 N–H and O–H groups in total. The third kappa shape index (κ3) is 70.5. The van der Waals surface area contributed by atoms with E-state index >= 15 is 0 Å². The van der Waals surface area contributed by atoms with Crippen molar-refractivity contribution in [3.05, 3.63) is 177 Å². The van der Waals surface area contributed by atoms with Crippen LogP contribution >= 0.6 is 31.9 Å². The lowest BCUT2D eigenvalue weighted by Gasteiger charge is -2.23.